The average Bonchev–Trinajstić information content (AvgIpc) is 3.08. The number of benzene rings is 1. The summed E-state index contributed by atoms with van der Waals surface area (Å²) in [6, 6.07) is 6.16. The predicted octanol–water partition coefficient (Wildman–Crippen LogP) is 1.81. The third-order valence-electron chi connectivity index (χ3n) is 4.26. The minimum atomic E-state index is -0.300. The molecule has 23 heavy (non-hydrogen) atoms. The number of halogens is 1. The van der Waals surface area contributed by atoms with Crippen LogP contribution in [0.5, 0.6) is 0 Å². The fourth-order valence-corrected chi connectivity index (χ4v) is 2.84. The number of carbonyl (C=O) groups is 1. The van der Waals surface area contributed by atoms with Crippen LogP contribution in [0.3, 0.4) is 0 Å². The van der Waals surface area contributed by atoms with Gasteiger partial charge >= 0.3 is 6.03 Å². The normalized spacial score (nSPS) is 16.3. The second-order valence-electron chi connectivity index (χ2n) is 6.05. The van der Waals surface area contributed by atoms with Gasteiger partial charge in [0.15, 0.2) is 0 Å². The highest BCUT2D eigenvalue weighted by Gasteiger charge is 2.20. The zero-order valence-corrected chi connectivity index (χ0v) is 13.7. The Morgan fingerprint density at radius 3 is 2.61 bits per heavy atom. The van der Waals surface area contributed by atoms with Crippen molar-refractivity contribution in [3.05, 3.63) is 35.6 Å². The highest BCUT2D eigenvalue weighted by molar-refractivity contribution is 5.74. The molecule has 2 N–H and O–H groups in total. The Morgan fingerprint density at radius 1 is 1.35 bits per heavy atom. The molecule has 0 spiro atoms. The molecule has 0 saturated carbocycles. The van der Waals surface area contributed by atoms with E-state index in [2.05, 4.69) is 17.1 Å². The number of hydrogen-bond donors (Lipinski definition) is 2. The van der Waals surface area contributed by atoms with Crippen molar-refractivity contribution in [1.82, 2.24) is 15.1 Å². The predicted molar refractivity (Wildman–Crippen MR) is 87.6 cm³/mol. The number of urea groups is 1. The first-order chi connectivity index (χ1) is 11.1. The third kappa shape index (κ3) is 5.48. The van der Waals surface area contributed by atoms with Crippen LogP contribution >= 0.6 is 0 Å². The summed E-state index contributed by atoms with van der Waals surface area (Å²) in [4.78, 5) is 16.3. The Balaban J connectivity index is 1.85. The lowest BCUT2D eigenvalue weighted by atomic mass is 10.2. The Kier molecular flexibility index (Phi) is 6.80. The summed E-state index contributed by atoms with van der Waals surface area (Å²) >= 11 is 0. The van der Waals surface area contributed by atoms with Crippen LogP contribution in [0.15, 0.2) is 24.3 Å². The van der Waals surface area contributed by atoms with E-state index in [9.17, 15) is 9.18 Å². The SMILES string of the molecule is CC(CNC(=O)N(CCO)Cc1ccc(F)cc1)N1CCCC1. The molecule has 0 radical (unpaired) electrons. The lowest BCUT2D eigenvalue weighted by Crippen LogP contribution is -2.46. The molecule has 2 rings (SSSR count). The summed E-state index contributed by atoms with van der Waals surface area (Å²) in [7, 11) is 0. The molecule has 1 aliphatic heterocycles. The second-order valence-corrected chi connectivity index (χ2v) is 6.05. The molecule has 0 aromatic heterocycles. The van der Waals surface area contributed by atoms with Crippen molar-refractivity contribution in [3.63, 3.8) is 0 Å². The van der Waals surface area contributed by atoms with Crippen molar-refractivity contribution >= 4 is 6.03 Å². The molecule has 1 fully saturated rings. The number of hydrogen-bond acceptors (Lipinski definition) is 3. The van der Waals surface area contributed by atoms with Gasteiger partial charge in [-0.1, -0.05) is 12.1 Å². The van der Waals surface area contributed by atoms with Gasteiger partial charge in [-0.25, -0.2) is 9.18 Å². The van der Waals surface area contributed by atoms with Gasteiger partial charge in [0.05, 0.1) is 6.61 Å². The molecule has 0 aliphatic carbocycles. The van der Waals surface area contributed by atoms with Crippen LogP contribution in [0.25, 0.3) is 0 Å². The van der Waals surface area contributed by atoms with E-state index in [-0.39, 0.29) is 25.0 Å². The van der Waals surface area contributed by atoms with Crippen molar-refractivity contribution in [2.24, 2.45) is 0 Å². The molecule has 1 aromatic carbocycles. The monoisotopic (exact) mass is 323 g/mol. The minimum Gasteiger partial charge on any atom is -0.395 e. The highest BCUT2D eigenvalue weighted by Crippen LogP contribution is 2.11. The maximum atomic E-state index is 13.0. The topological polar surface area (TPSA) is 55.8 Å². The Bertz CT molecular complexity index is 489. The number of amides is 2. The van der Waals surface area contributed by atoms with Crippen LogP contribution in [0.2, 0.25) is 0 Å². The number of carbonyl (C=O) groups excluding carboxylic acids is 1. The minimum absolute atomic E-state index is 0.101. The summed E-state index contributed by atoms with van der Waals surface area (Å²) in [5, 5.41) is 12.1. The number of aliphatic hydroxyl groups excluding tert-OH is 1. The summed E-state index contributed by atoms with van der Waals surface area (Å²) in [5.41, 5.74) is 0.836. The molecule has 1 aliphatic rings. The summed E-state index contributed by atoms with van der Waals surface area (Å²) in [6.45, 7) is 5.38. The van der Waals surface area contributed by atoms with Gasteiger partial charge in [-0.05, 0) is 50.6 Å². The summed E-state index contributed by atoms with van der Waals surface area (Å²) in [6.07, 6.45) is 2.44. The molecule has 1 heterocycles. The van der Waals surface area contributed by atoms with Crippen LogP contribution in [-0.2, 0) is 6.54 Å². The van der Waals surface area contributed by atoms with Crippen LogP contribution in [0, 0.1) is 5.82 Å². The molecule has 1 unspecified atom stereocenters. The standard InChI is InChI=1S/C17H26FN3O2/c1-14(20-8-2-3-9-20)12-19-17(23)21(10-11-22)13-15-4-6-16(18)7-5-15/h4-7,14,22H,2-3,8-13H2,1H3,(H,19,23). The Labute approximate surface area is 137 Å². The van der Waals surface area contributed by atoms with Crippen LogP contribution in [0.1, 0.15) is 25.3 Å². The molecule has 0 bridgehead atoms. The van der Waals surface area contributed by atoms with Gasteiger partial charge in [0.2, 0.25) is 0 Å². The first-order valence-corrected chi connectivity index (χ1v) is 8.22. The third-order valence-corrected chi connectivity index (χ3v) is 4.26. The van der Waals surface area contributed by atoms with E-state index in [4.69, 9.17) is 5.11 Å². The van der Waals surface area contributed by atoms with Gasteiger partial charge in [0.1, 0.15) is 5.82 Å². The molecular weight excluding hydrogens is 297 g/mol. The lowest BCUT2D eigenvalue weighted by Gasteiger charge is -2.27. The molecule has 1 aromatic rings. The summed E-state index contributed by atoms with van der Waals surface area (Å²) in [5.74, 6) is -0.300. The molecule has 6 heteroatoms. The smallest absolute Gasteiger partial charge is 0.317 e. The zero-order valence-electron chi connectivity index (χ0n) is 13.7. The van der Waals surface area contributed by atoms with Crippen molar-refractivity contribution in [2.75, 3.05) is 32.8 Å². The average molecular weight is 323 g/mol. The number of nitrogens with one attached hydrogen (secondary N) is 1. The second kappa shape index (κ2) is 8.84. The van der Waals surface area contributed by atoms with Gasteiger partial charge in [-0.2, -0.15) is 0 Å². The number of aliphatic hydroxyl groups is 1. The van der Waals surface area contributed by atoms with Crippen LogP contribution in [-0.4, -0.2) is 59.8 Å². The fourth-order valence-electron chi connectivity index (χ4n) is 2.84. The van der Waals surface area contributed by atoms with Crippen LogP contribution < -0.4 is 5.32 Å². The van der Waals surface area contributed by atoms with E-state index < -0.39 is 0 Å². The Morgan fingerprint density at radius 2 is 2.00 bits per heavy atom. The molecular formula is C17H26FN3O2. The maximum Gasteiger partial charge on any atom is 0.317 e. The first kappa shape index (κ1) is 17.7. The number of nitrogens with zero attached hydrogens (tertiary/aromatic N) is 2. The largest absolute Gasteiger partial charge is 0.395 e. The number of likely N-dealkylation sites (tertiary alicyclic amines) is 1. The number of rotatable bonds is 7. The first-order valence-electron chi connectivity index (χ1n) is 8.22. The van der Waals surface area contributed by atoms with E-state index in [0.717, 1.165) is 18.7 Å². The van der Waals surface area contributed by atoms with E-state index in [1.807, 2.05) is 0 Å². The van der Waals surface area contributed by atoms with Gasteiger partial charge in [-0.15, -0.1) is 0 Å². The van der Waals surface area contributed by atoms with Gasteiger partial charge < -0.3 is 15.3 Å². The van der Waals surface area contributed by atoms with Gasteiger partial charge in [-0.3, -0.25) is 4.90 Å². The van der Waals surface area contributed by atoms with E-state index in [1.165, 1.54) is 25.0 Å². The van der Waals surface area contributed by atoms with Crippen molar-refractivity contribution in [3.8, 4) is 0 Å². The highest BCUT2D eigenvalue weighted by atomic mass is 19.1. The van der Waals surface area contributed by atoms with Gasteiger partial charge in [0, 0.05) is 25.7 Å². The van der Waals surface area contributed by atoms with Crippen molar-refractivity contribution in [2.45, 2.75) is 32.4 Å². The molecule has 1 saturated heterocycles. The van der Waals surface area contributed by atoms with E-state index >= 15 is 0 Å². The van der Waals surface area contributed by atoms with Crippen molar-refractivity contribution < 1.29 is 14.3 Å². The molecule has 1 atom stereocenters. The Hall–Kier alpha value is -1.66. The van der Waals surface area contributed by atoms with Crippen LogP contribution in [0.4, 0.5) is 9.18 Å². The zero-order chi connectivity index (χ0) is 16.7. The molecule has 5 nitrogen and oxygen atoms in total. The van der Waals surface area contributed by atoms with E-state index in [1.54, 1.807) is 17.0 Å². The lowest BCUT2D eigenvalue weighted by molar-refractivity contribution is 0.169. The van der Waals surface area contributed by atoms with Gasteiger partial charge in [0.25, 0.3) is 0 Å². The fraction of sp³-hybridized carbons (Fsp3) is 0.588. The molecule has 2 amide bonds. The maximum absolute atomic E-state index is 13.0. The molecule has 128 valence electrons. The quantitative estimate of drug-likeness (QED) is 0.805. The van der Waals surface area contributed by atoms with Crippen molar-refractivity contribution in [1.29, 1.82) is 0 Å². The summed E-state index contributed by atoms with van der Waals surface area (Å²) < 4.78 is 13.0. The van der Waals surface area contributed by atoms with E-state index in [0.29, 0.717) is 19.1 Å².